The zero-order valence-electron chi connectivity index (χ0n) is 10.1. The predicted molar refractivity (Wildman–Crippen MR) is 71.5 cm³/mol. The van der Waals surface area contributed by atoms with E-state index in [1.807, 2.05) is 37.3 Å². The highest BCUT2D eigenvalue weighted by molar-refractivity contribution is 6.17. The summed E-state index contributed by atoms with van der Waals surface area (Å²) >= 11 is 5.76. The van der Waals surface area contributed by atoms with Gasteiger partial charge in [0.05, 0.1) is 12.8 Å². The van der Waals surface area contributed by atoms with Crippen molar-refractivity contribution in [3.63, 3.8) is 0 Å². The van der Waals surface area contributed by atoms with Crippen LogP contribution < -0.4 is 9.47 Å². The van der Waals surface area contributed by atoms with E-state index >= 15 is 0 Å². The number of aromatic nitrogens is 1. The minimum atomic E-state index is 0.414. The van der Waals surface area contributed by atoms with E-state index in [9.17, 15) is 0 Å². The van der Waals surface area contributed by atoms with Crippen molar-refractivity contribution < 1.29 is 9.47 Å². The third kappa shape index (κ3) is 3.14. The fourth-order valence-electron chi connectivity index (χ4n) is 1.53. The van der Waals surface area contributed by atoms with Crippen LogP contribution in [0.3, 0.4) is 0 Å². The first-order valence-corrected chi connectivity index (χ1v) is 6.26. The van der Waals surface area contributed by atoms with Gasteiger partial charge in [-0.15, -0.1) is 11.6 Å². The maximum Gasteiger partial charge on any atom is 0.169 e. The van der Waals surface area contributed by atoms with Crippen LogP contribution in [-0.4, -0.2) is 11.6 Å². The highest BCUT2D eigenvalue weighted by atomic mass is 35.5. The minimum absolute atomic E-state index is 0.414. The molecule has 0 saturated heterocycles. The van der Waals surface area contributed by atoms with Gasteiger partial charge >= 0.3 is 0 Å². The predicted octanol–water partition coefficient (Wildman–Crippen LogP) is 4.01. The molecule has 0 fully saturated rings. The molecule has 0 spiro atoms. The number of pyridine rings is 1. The summed E-state index contributed by atoms with van der Waals surface area (Å²) in [5.74, 6) is 2.46. The summed E-state index contributed by atoms with van der Waals surface area (Å²) in [5.41, 5.74) is 0.919. The zero-order valence-corrected chi connectivity index (χ0v) is 10.9. The lowest BCUT2D eigenvalue weighted by Gasteiger charge is -2.11. The van der Waals surface area contributed by atoms with Crippen LogP contribution in [0.15, 0.2) is 42.7 Å². The molecule has 0 radical (unpaired) electrons. The van der Waals surface area contributed by atoms with Crippen molar-refractivity contribution in [2.75, 3.05) is 6.61 Å². The number of hydrogen-bond acceptors (Lipinski definition) is 3. The molecule has 1 aromatic heterocycles. The number of ether oxygens (including phenoxy) is 2. The molecule has 2 rings (SSSR count). The van der Waals surface area contributed by atoms with Crippen molar-refractivity contribution >= 4 is 11.6 Å². The third-order valence-corrected chi connectivity index (χ3v) is 2.61. The molecule has 2 aromatic rings. The zero-order chi connectivity index (χ0) is 12.8. The topological polar surface area (TPSA) is 31.4 Å². The van der Waals surface area contributed by atoms with E-state index in [1.54, 1.807) is 12.4 Å². The molecule has 0 aliphatic heterocycles. The summed E-state index contributed by atoms with van der Waals surface area (Å²) in [6, 6.07) is 9.40. The first-order chi connectivity index (χ1) is 8.83. The average molecular weight is 264 g/mol. The van der Waals surface area contributed by atoms with Gasteiger partial charge in [0.2, 0.25) is 0 Å². The quantitative estimate of drug-likeness (QED) is 0.764. The largest absolute Gasteiger partial charge is 0.490 e. The number of nitrogens with zero attached hydrogens (tertiary/aromatic N) is 1. The lowest BCUT2D eigenvalue weighted by Crippen LogP contribution is -1.95. The Morgan fingerprint density at radius 3 is 2.67 bits per heavy atom. The summed E-state index contributed by atoms with van der Waals surface area (Å²) < 4.78 is 11.3. The molecule has 4 heteroatoms. The van der Waals surface area contributed by atoms with E-state index in [2.05, 4.69) is 4.98 Å². The highest BCUT2D eigenvalue weighted by Crippen LogP contribution is 2.31. The molecule has 94 valence electrons. The van der Waals surface area contributed by atoms with E-state index < -0.39 is 0 Å². The second-order valence-corrected chi connectivity index (χ2v) is 3.91. The Kier molecular flexibility index (Phi) is 4.42. The maximum absolute atomic E-state index is 5.76. The van der Waals surface area contributed by atoms with E-state index in [-0.39, 0.29) is 0 Å². The Labute approximate surface area is 111 Å². The van der Waals surface area contributed by atoms with Gasteiger partial charge in [-0.05, 0) is 30.7 Å². The van der Waals surface area contributed by atoms with Crippen molar-refractivity contribution in [2.24, 2.45) is 0 Å². The third-order valence-electron chi connectivity index (χ3n) is 2.30. The van der Waals surface area contributed by atoms with Gasteiger partial charge in [0, 0.05) is 12.1 Å². The van der Waals surface area contributed by atoms with Crippen LogP contribution >= 0.6 is 11.6 Å². The van der Waals surface area contributed by atoms with Crippen LogP contribution in [0, 0.1) is 0 Å². The van der Waals surface area contributed by atoms with Crippen molar-refractivity contribution in [3.05, 3.63) is 48.3 Å². The van der Waals surface area contributed by atoms with Crippen LogP contribution in [0.25, 0.3) is 0 Å². The molecule has 0 amide bonds. The number of alkyl halides is 1. The van der Waals surface area contributed by atoms with Gasteiger partial charge in [0.25, 0.3) is 0 Å². The first kappa shape index (κ1) is 12.7. The fraction of sp³-hybridized carbons (Fsp3) is 0.214. The van der Waals surface area contributed by atoms with Gasteiger partial charge in [0.1, 0.15) is 5.75 Å². The van der Waals surface area contributed by atoms with Crippen molar-refractivity contribution in [2.45, 2.75) is 12.8 Å². The van der Waals surface area contributed by atoms with E-state index in [4.69, 9.17) is 21.1 Å². The molecular weight excluding hydrogens is 250 g/mol. The Hall–Kier alpha value is -1.74. The van der Waals surface area contributed by atoms with Gasteiger partial charge in [-0.1, -0.05) is 12.1 Å². The number of rotatable bonds is 5. The lowest BCUT2D eigenvalue weighted by atomic mass is 10.3. The molecule has 0 unspecified atom stereocenters. The van der Waals surface area contributed by atoms with Crippen LogP contribution in [-0.2, 0) is 5.88 Å². The number of halogens is 1. The molecule has 3 nitrogen and oxygen atoms in total. The molecule has 0 bridgehead atoms. The maximum atomic E-state index is 5.76. The van der Waals surface area contributed by atoms with Crippen molar-refractivity contribution in [1.29, 1.82) is 0 Å². The Morgan fingerprint density at radius 1 is 1.17 bits per heavy atom. The molecule has 0 aliphatic rings. The van der Waals surface area contributed by atoms with Crippen molar-refractivity contribution in [1.82, 2.24) is 4.98 Å². The van der Waals surface area contributed by atoms with E-state index in [0.717, 1.165) is 11.3 Å². The molecule has 0 N–H and O–H groups in total. The Bertz CT molecular complexity index is 517. The van der Waals surface area contributed by atoms with Crippen LogP contribution in [0.1, 0.15) is 12.5 Å². The average Bonchev–Trinajstić information content (AvgIpc) is 2.41. The van der Waals surface area contributed by atoms with Gasteiger partial charge in [0.15, 0.2) is 11.5 Å². The second kappa shape index (κ2) is 6.26. The normalized spacial score (nSPS) is 10.1. The molecule has 18 heavy (non-hydrogen) atoms. The number of hydrogen-bond donors (Lipinski definition) is 0. The molecular formula is C14H14ClNO2. The van der Waals surface area contributed by atoms with Crippen LogP contribution in [0.4, 0.5) is 0 Å². The standard InChI is InChI=1S/C14H14ClNO2/c1-2-17-13-5-3-4-6-14(13)18-12-7-11(8-15)9-16-10-12/h3-7,9-10H,2,8H2,1H3. The van der Waals surface area contributed by atoms with E-state index in [1.165, 1.54) is 0 Å². The Balaban J connectivity index is 2.22. The summed E-state index contributed by atoms with van der Waals surface area (Å²) in [6.45, 7) is 2.53. The summed E-state index contributed by atoms with van der Waals surface area (Å²) in [5, 5.41) is 0. The number of para-hydroxylation sites is 2. The fourth-order valence-corrected chi connectivity index (χ4v) is 1.67. The summed E-state index contributed by atoms with van der Waals surface area (Å²) in [6.07, 6.45) is 3.37. The highest BCUT2D eigenvalue weighted by Gasteiger charge is 2.05. The lowest BCUT2D eigenvalue weighted by molar-refractivity contribution is 0.321. The SMILES string of the molecule is CCOc1ccccc1Oc1cncc(CCl)c1. The summed E-state index contributed by atoms with van der Waals surface area (Å²) in [4.78, 5) is 4.08. The first-order valence-electron chi connectivity index (χ1n) is 5.73. The second-order valence-electron chi connectivity index (χ2n) is 3.64. The molecule has 1 aromatic carbocycles. The molecule has 0 aliphatic carbocycles. The van der Waals surface area contributed by atoms with E-state index in [0.29, 0.717) is 24.0 Å². The molecule has 0 saturated carbocycles. The smallest absolute Gasteiger partial charge is 0.169 e. The Morgan fingerprint density at radius 2 is 1.94 bits per heavy atom. The monoisotopic (exact) mass is 263 g/mol. The van der Waals surface area contributed by atoms with Gasteiger partial charge in [-0.3, -0.25) is 4.98 Å². The molecule has 1 heterocycles. The molecule has 0 atom stereocenters. The summed E-state index contributed by atoms with van der Waals surface area (Å²) in [7, 11) is 0. The van der Waals surface area contributed by atoms with Crippen LogP contribution in [0.5, 0.6) is 17.2 Å². The van der Waals surface area contributed by atoms with Gasteiger partial charge < -0.3 is 9.47 Å². The minimum Gasteiger partial charge on any atom is -0.490 e. The van der Waals surface area contributed by atoms with Gasteiger partial charge in [-0.2, -0.15) is 0 Å². The van der Waals surface area contributed by atoms with Crippen LogP contribution in [0.2, 0.25) is 0 Å². The van der Waals surface area contributed by atoms with Gasteiger partial charge in [-0.25, -0.2) is 0 Å². The van der Waals surface area contributed by atoms with Crippen molar-refractivity contribution in [3.8, 4) is 17.2 Å². The number of benzene rings is 1.